The molecule has 3 aromatic rings. The molecule has 0 unspecified atom stereocenters. The lowest BCUT2D eigenvalue weighted by Crippen LogP contribution is -2.00. The summed E-state index contributed by atoms with van der Waals surface area (Å²) in [5.74, 6) is 0.595. The number of aldehydes is 1. The molecule has 20 heavy (non-hydrogen) atoms. The van der Waals surface area contributed by atoms with Crippen LogP contribution in [0.25, 0.3) is 11.5 Å². The summed E-state index contributed by atoms with van der Waals surface area (Å²) >= 11 is 3.51. The minimum atomic E-state index is 0.520. The molecule has 2 aromatic heterocycles. The van der Waals surface area contributed by atoms with Gasteiger partial charge in [0.25, 0.3) is 0 Å². The predicted octanol–water partition coefficient (Wildman–Crippen LogP) is 3.77. The molecule has 0 radical (unpaired) electrons. The lowest BCUT2D eigenvalue weighted by Gasteiger charge is -2.03. The number of hydrogen-bond acceptors (Lipinski definition) is 3. The predicted molar refractivity (Wildman–Crippen MR) is 78.6 cm³/mol. The molecule has 4 nitrogen and oxygen atoms in total. The second-order valence-electron chi connectivity index (χ2n) is 4.32. The first-order valence-corrected chi connectivity index (χ1v) is 6.87. The van der Waals surface area contributed by atoms with Crippen molar-refractivity contribution in [3.63, 3.8) is 0 Å². The van der Waals surface area contributed by atoms with Gasteiger partial charge in [-0.05, 0) is 23.8 Å². The number of benzene rings is 1. The van der Waals surface area contributed by atoms with E-state index in [9.17, 15) is 4.79 Å². The average Bonchev–Trinajstić information content (AvgIpc) is 3.09. The van der Waals surface area contributed by atoms with E-state index in [1.807, 2.05) is 24.3 Å². The molecule has 0 N–H and O–H groups in total. The molecule has 0 bridgehead atoms. The van der Waals surface area contributed by atoms with Gasteiger partial charge in [-0.1, -0.05) is 34.1 Å². The maximum atomic E-state index is 11.2. The third-order valence-corrected chi connectivity index (χ3v) is 3.74. The van der Waals surface area contributed by atoms with Crippen LogP contribution in [-0.4, -0.2) is 16.1 Å². The Bertz CT molecular complexity index is 732. The van der Waals surface area contributed by atoms with Gasteiger partial charge < -0.3 is 4.42 Å². The zero-order valence-electron chi connectivity index (χ0n) is 10.5. The van der Waals surface area contributed by atoms with Crippen LogP contribution in [0.1, 0.15) is 15.9 Å². The first-order chi connectivity index (χ1) is 9.78. The first kappa shape index (κ1) is 12.9. The van der Waals surface area contributed by atoms with Crippen molar-refractivity contribution in [1.29, 1.82) is 0 Å². The Labute approximate surface area is 124 Å². The van der Waals surface area contributed by atoms with Crippen LogP contribution in [0, 0.1) is 0 Å². The zero-order valence-corrected chi connectivity index (χ0v) is 12.1. The van der Waals surface area contributed by atoms with Crippen molar-refractivity contribution in [2.24, 2.45) is 0 Å². The summed E-state index contributed by atoms with van der Waals surface area (Å²) in [6, 6.07) is 11.5. The van der Waals surface area contributed by atoms with Crippen LogP contribution in [0.3, 0.4) is 0 Å². The fraction of sp³-hybridized carbons (Fsp3) is 0.0667. The molecule has 2 heterocycles. The van der Waals surface area contributed by atoms with Crippen molar-refractivity contribution in [2.75, 3.05) is 0 Å². The van der Waals surface area contributed by atoms with Crippen molar-refractivity contribution < 1.29 is 9.21 Å². The standard InChI is InChI=1S/C15H11BrN2O2/c16-13-5-2-1-4-11(13)8-18-9-12(10-19)15(17-18)14-6-3-7-20-14/h1-7,9-10H,8H2. The Morgan fingerprint density at radius 2 is 2.10 bits per heavy atom. The van der Waals surface area contributed by atoms with E-state index in [0.29, 0.717) is 23.6 Å². The van der Waals surface area contributed by atoms with E-state index in [0.717, 1.165) is 16.3 Å². The zero-order chi connectivity index (χ0) is 13.9. The van der Waals surface area contributed by atoms with E-state index in [4.69, 9.17) is 4.42 Å². The quantitative estimate of drug-likeness (QED) is 0.684. The number of hydrogen-bond donors (Lipinski definition) is 0. The van der Waals surface area contributed by atoms with Crippen molar-refractivity contribution >= 4 is 22.2 Å². The van der Waals surface area contributed by atoms with E-state index in [1.54, 1.807) is 29.3 Å². The van der Waals surface area contributed by atoms with Gasteiger partial charge in [0.05, 0.1) is 18.4 Å². The van der Waals surface area contributed by atoms with Gasteiger partial charge in [0.1, 0.15) is 5.69 Å². The van der Waals surface area contributed by atoms with E-state index < -0.39 is 0 Å². The number of nitrogens with zero attached hydrogens (tertiary/aromatic N) is 2. The summed E-state index contributed by atoms with van der Waals surface area (Å²) in [4.78, 5) is 11.2. The lowest BCUT2D eigenvalue weighted by atomic mass is 10.2. The number of carbonyl (C=O) groups is 1. The molecule has 0 aliphatic heterocycles. The number of aromatic nitrogens is 2. The minimum Gasteiger partial charge on any atom is -0.463 e. The highest BCUT2D eigenvalue weighted by molar-refractivity contribution is 9.10. The van der Waals surface area contributed by atoms with Gasteiger partial charge in [0, 0.05) is 10.7 Å². The topological polar surface area (TPSA) is 48.0 Å². The van der Waals surface area contributed by atoms with Gasteiger partial charge in [-0.25, -0.2) is 0 Å². The second kappa shape index (κ2) is 5.46. The SMILES string of the molecule is O=Cc1cn(Cc2ccccc2Br)nc1-c1ccco1. The van der Waals surface area contributed by atoms with E-state index in [-0.39, 0.29) is 0 Å². The highest BCUT2D eigenvalue weighted by Gasteiger charge is 2.13. The lowest BCUT2D eigenvalue weighted by molar-refractivity contribution is 0.112. The van der Waals surface area contributed by atoms with Crippen LogP contribution in [-0.2, 0) is 6.54 Å². The molecule has 100 valence electrons. The number of carbonyl (C=O) groups excluding carboxylic acids is 1. The molecular weight excluding hydrogens is 320 g/mol. The Balaban J connectivity index is 1.96. The normalized spacial score (nSPS) is 10.7. The molecule has 0 amide bonds. The molecule has 1 aromatic carbocycles. The van der Waals surface area contributed by atoms with Crippen LogP contribution >= 0.6 is 15.9 Å². The molecule has 0 atom stereocenters. The van der Waals surface area contributed by atoms with Crippen molar-refractivity contribution in [1.82, 2.24) is 9.78 Å². The highest BCUT2D eigenvalue weighted by atomic mass is 79.9. The van der Waals surface area contributed by atoms with Gasteiger partial charge in [0.15, 0.2) is 12.0 Å². The molecule has 0 fully saturated rings. The molecule has 0 aliphatic rings. The molecule has 0 spiro atoms. The third kappa shape index (κ3) is 2.44. The van der Waals surface area contributed by atoms with Gasteiger partial charge in [-0.3, -0.25) is 9.48 Å². The molecule has 0 aliphatic carbocycles. The number of halogens is 1. The van der Waals surface area contributed by atoms with E-state index in [2.05, 4.69) is 21.0 Å². The maximum Gasteiger partial charge on any atom is 0.154 e. The average molecular weight is 331 g/mol. The Kier molecular flexibility index (Phi) is 3.52. The first-order valence-electron chi connectivity index (χ1n) is 6.08. The summed E-state index contributed by atoms with van der Waals surface area (Å²) in [6.45, 7) is 0.586. The monoisotopic (exact) mass is 330 g/mol. The molecular formula is C15H11BrN2O2. The van der Waals surface area contributed by atoms with Gasteiger partial charge in [-0.2, -0.15) is 5.10 Å². The summed E-state index contributed by atoms with van der Waals surface area (Å²) in [5.41, 5.74) is 2.18. The third-order valence-electron chi connectivity index (χ3n) is 2.96. The summed E-state index contributed by atoms with van der Waals surface area (Å²) in [6.07, 6.45) is 4.09. The smallest absolute Gasteiger partial charge is 0.154 e. The Morgan fingerprint density at radius 3 is 2.80 bits per heavy atom. The van der Waals surface area contributed by atoms with Crippen LogP contribution in [0.15, 0.2) is 57.7 Å². The van der Waals surface area contributed by atoms with Crippen molar-refractivity contribution in [3.8, 4) is 11.5 Å². The van der Waals surface area contributed by atoms with Crippen LogP contribution < -0.4 is 0 Å². The van der Waals surface area contributed by atoms with Crippen LogP contribution in [0.4, 0.5) is 0 Å². The Hall–Kier alpha value is -2.14. The van der Waals surface area contributed by atoms with Crippen molar-refractivity contribution in [2.45, 2.75) is 6.54 Å². The van der Waals surface area contributed by atoms with Crippen LogP contribution in [0.2, 0.25) is 0 Å². The summed E-state index contributed by atoms with van der Waals surface area (Å²) in [5, 5.41) is 4.43. The summed E-state index contributed by atoms with van der Waals surface area (Å²) in [7, 11) is 0. The minimum absolute atomic E-state index is 0.520. The molecule has 3 rings (SSSR count). The molecule has 0 saturated heterocycles. The van der Waals surface area contributed by atoms with E-state index >= 15 is 0 Å². The maximum absolute atomic E-state index is 11.2. The molecule has 5 heteroatoms. The van der Waals surface area contributed by atoms with Gasteiger partial charge in [-0.15, -0.1) is 0 Å². The second-order valence-corrected chi connectivity index (χ2v) is 5.17. The van der Waals surface area contributed by atoms with Crippen molar-refractivity contribution in [3.05, 3.63) is 64.5 Å². The highest BCUT2D eigenvalue weighted by Crippen LogP contribution is 2.23. The fourth-order valence-electron chi connectivity index (χ4n) is 2.01. The fourth-order valence-corrected chi connectivity index (χ4v) is 2.42. The number of rotatable bonds is 4. The Morgan fingerprint density at radius 1 is 1.25 bits per heavy atom. The summed E-state index contributed by atoms with van der Waals surface area (Å²) < 4.78 is 8.06. The van der Waals surface area contributed by atoms with E-state index in [1.165, 1.54) is 0 Å². The van der Waals surface area contributed by atoms with Crippen LogP contribution in [0.5, 0.6) is 0 Å². The molecule has 0 saturated carbocycles. The number of furan rings is 1. The largest absolute Gasteiger partial charge is 0.463 e. The van der Waals surface area contributed by atoms with Gasteiger partial charge in [0.2, 0.25) is 0 Å². The van der Waals surface area contributed by atoms with Gasteiger partial charge >= 0.3 is 0 Å².